The number of aromatic nitrogens is 1. The Morgan fingerprint density at radius 3 is 2.86 bits per heavy atom. The van der Waals surface area contributed by atoms with E-state index in [1.165, 1.54) is 12.1 Å². The number of nitro groups is 1. The van der Waals surface area contributed by atoms with Crippen LogP contribution in [0.1, 0.15) is 12.1 Å². The normalized spacial score (nSPS) is 8.57. The Morgan fingerprint density at radius 2 is 2.36 bits per heavy atom. The summed E-state index contributed by atoms with van der Waals surface area (Å²) < 4.78 is 0. The summed E-state index contributed by atoms with van der Waals surface area (Å²) in [5, 5.41) is 10.3. The first-order chi connectivity index (χ1) is 6.74. The molecule has 0 atom stereocenters. The van der Waals surface area contributed by atoms with Crippen LogP contribution < -0.4 is 0 Å². The molecule has 0 amide bonds. The Hall–Kier alpha value is -2.22. The highest BCUT2D eigenvalue weighted by Crippen LogP contribution is 2.07. The summed E-state index contributed by atoms with van der Waals surface area (Å²) in [6, 6.07) is 2.76. The number of rotatable bonds is 2. The van der Waals surface area contributed by atoms with E-state index in [9.17, 15) is 14.9 Å². The SMILES string of the molecule is O=CCC#Cc1ccc([N+](=O)[O-])cn1. The molecule has 0 N–H and O–H groups in total. The molecule has 0 radical (unpaired) electrons. The van der Waals surface area contributed by atoms with Gasteiger partial charge in [-0.2, -0.15) is 0 Å². The third kappa shape index (κ3) is 2.68. The highest BCUT2D eigenvalue weighted by Gasteiger charge is 2.03. The maximum absolute atomic E-state index is 10.3. The van der Waals surface area contributed by atoms with Crippen LogP contribution in [0, 0.1) is 22.0 Å². The first kappa shape index (κ1) is 9.86. The average molecular weight is 190 g/mol. The molecule has 1 aromatic heterocycles. The molecule has 5 nitrogen and oxygen atoms in total. The minimum absolute atomic E-state index is 0.0778. The number of carbonyl (C=O) groups is 1. The second-order valence-electron chi connectivity index (χ2n) is 2.33. The zero-order valence-electron chi connectivity index (χ0n) is 7.14. The van der Waals surface area contributed by atoms with Crippen LogP contribution >= 0.6 is 0 Å². The van der Waals surface area contributed by atoms with E-state index in [0.29, 0.717) is 12.0 Å². The van der Waals surface area contributed by atoms with Gasteiger partial charge in [-0.3, -0.25) is 10.1 Å². The van der Waals surface area contributed by atoms with Gasteiger partial charge in [-0.1, -0.05) is 5.92 Å². The molecule has 1 rings (SSSR count). The van der Waals surface area contributed by atoms with E-state index in [1.54, 1.807) is 0 Å². The van der Waals surface area contributed by atoms with E-state index in [0.717, 1.165) is 6.20 Å². The molecule has 0 aromatic carbocycles. The Kier molecular flexibility index (Phi) is 3.33. The molecule has 5 heteroatoms. The summed E-state index contributed by atoms with van der Waals surface area (Å²) in [7, 11) is 0. The van der Waals surface area contributed by atoms with Gasteiger partial charge >= 0.3 is 0 Å². The number of hydrogen-bond acceptors (Lipinski definition) is 4. The minimum Gasteiger partial charge on any atom is -0.302 e. The van der Waals surface area contributed by atoms with E-state index in [4.69, 9.17) is 0 Å². The summed E-state index contributed by atoms with van der Waals surface area (Å²) in [4.78, 5) is 23.4. The monoisotopic (exact) mass is 190 g/mol. The summed E-state index contributed by atoms with van der Waals surface area (Å²) >= 11 is 0. The summed E-state index contributed by atoms with van der Waals surface area (Å²) in [6.07, 6.45) is 1.95. The zero-order valence-corrected chi connectivity index (χ0v) is 7.14. The highest BCUT2D eigenvalue weighted by atomic mass is 16.6. The first-order valence-electron chi connectivity index (χ1n) is 3.77. The van der Waals surface area contributed by atoms with Crippen LogP contribution in [0.3, 0.4) is 0 Å². The number of aldehydes is 1. The van der Waals surface area contributed by atoms with Gasteiger partial charge in [-0.15, -0.1) is 0 Å². The van der Waals surface area contributed by atoms with Crippen molar-refractivity contribution in [3.63, 3.8) is 0 Å². The van der Waals surface area contributed by atoms with Crippen LogP contribution in [-0.2, 0) is 4.79 Å². The number of hydrogen-bond donors (Lipinski definition) is 0. The lowest BCUT2D eigenvalue weighted by Crippen LogP contribution is -1.89. The molecule has 0 bridgehead atoms. The van der Waals surface area contributed by atoms with Gasteiger partial charge in [0.05, 0.1) is 11.3 Å². The topological polar surface area (TPSA) is 73.1 Å². The molecular weight excluding hydrogens is 184 g/mol. The Labute approximate surface area is 79.9 Å². The average Bonchev–Trinajstić information content (AvgIpc) is 2.19. The maximum atomic E-state index is 10.3. The summed E-state index contributed by atoms with van der Waals surface area (Å²) in [5.74, 6) is 5.15. The zero-order chi connectivity index (χ0) is 10.4. The van der Waals surface area contributed by atoms with Crippen LogP contribution in [0.2, 0.25) is 0 Å². The molecule has 0 aliphatic carbocycles. The van der Waals surface area contributed by atoms with Gasteiger partial charge in [0.25, 0.3) is 5.69 Å². The largest absolute Gasteiger partial charge is 0.302 e. The fraction of sp³-hybridized carbons (Fsp3) is 0.111. The standard InChI is InChI=1S/C9H6N2O3/c12-6-2-1-3-8-4-5-9(7-10-8)11(13)14/h4-7H,2H2. The van der Waals surface area contributed by atoms with Gasteiger partial charge in [-0.25, -0.2) is 4.98 Å². The molecule has 0 aliphatic heterocycles. The number of nitrogens with zero attached hydrogens (tertiary/aromatic N) is 2. The Bertz CT molecular complexity index is 400. The van der Waals surface area contributed by atoms with Crippen molar-refractivity contribution in [2.75, 3.05) is 0 Å². The van der Waals surface area contributed by atoms with Crippen molar-refractivity contribution in [2.24, 2.45) is 0 Å². The van der Waals surface area contributed by atoms with Crippen molar-refractivity contribution < 1.29 is 9.72 Å². The van der Waals surface area contributed by atoms with Crippen molar-refractivity contribution in [2.45, 2.75) is 6.42 Å². The fourth-order valence-corrected chi connectivity index (χ4v) is 0.751. The third-order valence-corrected chi connectivity index (χ3v) is 1.36. The van der Waals surface area contributed by atoms with Crippen LogP contribution in [0.25, 0.3) is 0 Å². The lowest BCUT2D eigenvalue weighted by Gasteiger charge is -1.89. The number of pyridine rings is 1. The first-order valence-corrected chi connectivity index (χ1v) is 3.77. The van der Waals surface area contributed by atoms with Gasteiger partial charge in [0.1, 0.15) is 18.2 Å². The molecule has 1 aromatic rings. The van der Waals surface area contributed by atoms with Gasteiger partial charge in [0, 0.05) is 6.07 Å². The van der Waals surface area contributed by atoms with E-state index in [2.05, 4.69) is 16.8 Å². The van der Waals surface area contributed by atoms with Crippen molar-refractivity contribution in [1.82, 2.24) is 4.98 Å². The van der Waals surface area contributed by atoms with Crippen LogP contribution in [0.15, 0.2) is 18.3 Å². The predicted octanol–water partition coefficient (Wildman–Crippen LogP) is 0.930. The molecule has 0 unspecified atom stereocenters. The van der Waals surface area contributed by atoms with Gasteiger partial charge in [0.2, 0.25) is 0 Å². The van der Waals surface area contributed by atoms with Crippen LogP contribution in [0.5, 0.6) is 0 Å². The summed E-state index contributed by atoms with van der Waals surface area (Å²) in [5.41, 5.74) is 0.336. The second kappa shape index (κ2) is 4.72. The van der Waals surface area contributed by atoms with Gasteiger partial charge < -0.3 is 4.79 Å². The van der Waals surface area contributed by atoms with Crippen LogP contribution in [-0.4, -0.2) is 16.2 Å². The molecule has 1 heterocycles. The fourth-order valence-electron chi connectivity index (χ4n) is 0.751. The van der Waals surface area contributed by atoms with Crippen molar-refractivity contribution in [1.29, 1.82) is 0 Å². The Balaban J connectivity index is 2.80. The lowest BCUT2D eigenvalue weighted by atomic mass is 10.3. The van der Waals surface area contributed by atoms with E-state index < -0.39 is 4.92 Å². The third-order valence-electron chi connectivity index (χ3n) is 1.36. The lowest BCUT2D eigenvalue weighted by molar-refractivity contribution is -0.385. The van der Waals surface area contributed by atoms with Crippen molar-refractivity contribution >= 4 is 12.0 Å². The van der Waals surface area contributed by atoms with E-state index in [-0.39, 0.29) is 12.1 Å². The van der Waals surface area contributed by atoms with Gasteiger partial charge in [-0.05, 0) is 12.0 Å². The molecule has 0 spiro atoms. The van der Waals surface area contributed by atoms with Crippen LogP contribution in [0.4, 0.5) is 5.69 Å². The smallest absolute Gasteiger partial charge is 0.287 e. The molecule has 14 heavy (non-hydrogen) atoms. The molecular formula is C9H6N2O3. The van der Waals surface area contributed by atoms with E-state index >= 15 is 0 Å². The summed E-state index contributed by atoms with van der Waals surface area (Å²) in [6.45, 7) is 0. The number of carbonyl (C=O) groups excluding carboxylic acids is 1. The van der Waals surface area contributed by atoms with E-state index in [1.807, 2.05) is 0 Å². The molecule has 0 aliphatic rings. The molecule has 0 saturated carbocycles. The minimum atomic E-state index is -0.532. The highest BCUT2D eigenvalue weighted by molar-refractivity contribution is 5.54. The predicted molar refractivity (Wildman–Crippen MR) is 48.5 cm³/mol. The van der Waals surface area contributed by atoms with Crippen molar-refractivity contribution in [3.8, 4) is 11.8 Å². The second-order valence-corrected chi connectivity index (χ2v) is 2.33. The molecule has 0 saturated heterocycles. The van der Waals surface area contributed by atoms with Crippen molar-refractivity contribution in [3.05, 3.63) is 34.1 Å². The molecule has 70 valence electrons. The van der Waals surface area contributed by atoms with Gasteiger partial charge in [0.15, 0.2) is 0 Å². The Morgan fingerprint density at radius 1 is 1.57 bits per heavy atom. The maximum Gasteiger partial charge on any atom is 0.287 e. The quantitative estimate of drug-likeness (QED) is 0.301. The molecule has 0 fully saturated rings.